The minimum absolute atomic E-state index is 0.639. The molecule has 0 saturated heterocycles. The third-order valence-corrected chi connectivity index (χ3v) is 10.1. The second-order valence-corrected chi connectivity index (χ2v) is 13.5. The summed E-state index contributed by atoms with van der Waals surface area (Å²) in [6.45, 7) is 0. The molecule has 5 nitrogen and oxygen atoms in total. The molecule has 0 saturated carbocycles. The SMILES string of the molecule is c1ccc(-c2nc(-c3ccccc3)nc(-c3ccc(-c4ccc(-c5cc6ccccc6c6c5c(-c5ccccc5)nn6-c5ccccc5)cc4)cc3)n2)cc1. The molecule has 0 unspecified atom stereocenters. The van der Waals surface area contributed by atoms with Gasteiger partial charge in [0.05, 0.1) is 11.2 Å². The van der Waals surface area contributed by atoms with Crippen LogP contribution in [-0.4, -0.2) is 24.7 Å². The van der Waals surface area contributed by atoms with Crippen molar-refractivity contribution >= 4 is 21.7 Å². The molecule has 0 fully saturated rings. The quantitative estimate of drug-likeness (QED) is 0.166. The number of hydrogen-bond donors (Lipinski definition) is 0. The molecule has 5 heteroatoms. The number of rotatable bonds is 7. The number of nitrogens with zero attached hydrogens (tertiary/aromatic N) is 5. The van der Waals surface area contributed by atoms with Gasteiger partial charge >= 0.3 is 0 Å². The summed E-state index contributed by atoms with van der Waals surface area (Å²) >= 11 is 0. The first-order valence-corrected chi connectivity index (χ1v) is 18.4. The van der Waals surface area contributed by atoms with E-state index in [-0.39, 0.29) is 0 Å². The van der Waals surface area contributed by atoms with Crippen LogP contribution in [-0.2, 0) is 0 Å². The first-order valence-electron chi connectivity index (χ1n) is 18.4. The Morgan fingerprint density at radius 1 is 0.345 bits per heavy atom. The Balaban J connectivity index is 1.05. The Kier molecular flexibility index (Phi) is 8.08. The van der Waals surface area contributed by atoms with Crippen LogP contribution >= 0.6 is 0 Å². The van der Waals surface area contributed by atoms with Crippen LogP contribution in [0.5, 0.6) is 0 Å². The zero-order chi connectivity index (χ0) is 36.6. The van der Waals surface area contributed by atoms with Gasteiger partial charge in [0.15, 0.2) is 17.5 Å². The number of benzene rings is 8. The van der Waals surface area contributed by atoms with Crippen molar-refractivity contribution in [1.82, 2.24) is 24.7 Å². The molecule has 0 bridgehead atoms. The van der Waals surface area contributed by atoms with Crippen LogP contribution in [0.25, 0.3) is 95.0 Å². The molecule has 2 aromatic heterocycles. The predicted molar refractivity (Wildman–Crippen MR) is 225 cm³/mol. The lowest BCUT2D eigenvalue weighted by molar-refractivity contribution is 0.918. The maximum atomic E-state index is 5.31. The van der Waals surface area contributed by atoms with E-state index in [9.17, 15) is 0 Å². The molecule has 0 atom stereocenters. The van der Waals surface area contributed by atoms with E-state index in [0.29, 0.717) is 17.5 Å². The van der Waals surface area contributed by atoms with E-state index >= 15 is 0 Å². The summed E-state index contributed by atoms with van der Waals surface area (Å²) in [6.07, 6.45) is 0. The van der Waals surface area contributed by atoms with Crippen molar-refractivity contribution in [3.05, 3.63) is 200 Å². The fraction of sp³-hybridized carbons (Fsp3) is 0. The lowest BCUT2D eigenvalue weighted by Crippen LogP contribution is -2.00. The topological polar surface area (TPSA) is 56.5 Å². The molecule has 0 amide bonds. The van der Waals surface area contributed by atoms with E-state index in [4.69, 9.17) is 20.1 Å². The Hall–Kier alpha value is -7.50. The van der Waals surface area contributed by atoms with Crippen LogP contribution in [0.3, 0.4) is 0 Å². The fourth-order valence-corrected chi connectivity index (χ4v) is 7.36. The number of hydrogen-bond acceptors (Lipinski definition) is 4. The van der Waals surface area contributed by atoms with Gasteiger partial charge in [-0.1, -0.05) is 182 Å². The van der Waals surface area contributed by atoms with Crippen LogP contribution in [0.4, 0.5) is 0 Å². The molecular formula is C50H33N5. The first-order chi connectivity index (χ1) is 27.3. The van der Waals surface area contributed by atoms with Crippen molar-refractivity contribution in [3.63, 3.8) is 0 Å². The highest BCUT2D eigenvalue weighted by molar-refractivity contribution is 6.17. The molecule has 10 rings (SSSR count). The second-order valence-electron chi connectivity index (χ2n) is 13.5. The van der Waals surface area contributed by atoms with Gasteiger partial charge in [-0.3, -0.25) is 0 Å². The highest BCUT2D eigenvalue weighted by atomic mass is 15.3. The van der Waals surface area contributed by atoms with E-state index in [0.717, 1.165) is 66.8 Å². The van der Waals surface area contributed by atoms with Gasteiger partial charge in [0, 0.05) is 33.0 Å². The Labute approximate surface area is 318 Å². The molecule has 0 aliphatic carbocycles. The first kappa shape index (κ1) is 32.2. The third kappa shape index (κ3) is 6.04. The van der Waals surface area contributed by atoms with Crippen LogP contribution in [0, 0.1) is 0 Å². The molecule has 0 radical (unpaired) electrons. The van der Waals surface area contributed by atoms with Crippen molar-refractivity contribution in [2.24, 2.45) is 0 Å². The van der Waals surface area contributed by atoms with Crippen LogP contribution in [0.2, 0.25) is 0 Å². The highest BCUT2D eigenvalue weighted by Gasteiger charge is 2.21. The molecule has 0 aliphatic rings. The van der Waals surface area contributed by atoms with E-state index in [2.05, 4.69) is 138 Å². The van der Waals surface area contributed by atoms with Crippen LogP contribution in [0.15, 0.2) is 200 Å². The zero-order valence-corrected chi connectivity index (χ0v) is 29.8. The van der Waals surface area contributed by atoms with Gasteiger partial charge < -0.3 is 0 Å². The lowest BCUT2D eigenvalue weighted by atomic mass is 9.92. The molecule has 0 aliphatic heterocycles. The van der Waals surface area contributed by atoms with Gasteiger partial charge in [0.2, 0.25) is 0 Å². The highest BCUT2D eigenvalue weighted by Crippen LogP contribution is 2.42. The zero-order valence-electron chi connectivity index (χ0n) is 29.8. The van der Waals surface area contributed by atoms with Crippen molar-refractivity contribution in [2.75, 3.05) is 0 Å². The van der Waals surface area contributed by atoms with Gasteiger partial charge in [0.25, 0.3) is 0 Å². The molecule has 10 aromatic rings. The summed E-state index contributed by atoms with van der Waals surface area (Å²) in [5.74, 6) is 1.94. The predicted octanol–water partition coefficient (Wildman–Crippen LogP) is 12.4. The van der Waals surface area contributed by atoms with Crippen LogP contribution < -0.4 is 0 Å². The van der Waals surface area contributed by atoms with Gasteiger partial charge in [0.1, 0.15) is 5.69 Å². The smallest absolute Gasteiger partial charge is 0.164 e. The fourth-order valence-electron chi connectivity index (χ4n) is 7.36. The maximum absolute atomic E-state index is 5.31. The minimum Gasteiger partial charge on any atom is -0.232 e. The van der Waals surface area contributed by atoms with Crippen LogP contribution in [0.1, 0.15) is 0 Å². The number of fused-ring (bicyclic) bond motifs is 3. The molecule has 0 N–H and O–H groups in total. The Morgan fingerprint density at radius 2 is 0.764 bits per heavy atom. The molecule has 55 heavy (non-hydrogen) atoms. The minimum atomic E-state index is 0.639. The molecule has 8 aromatic carbocycles. The Bertz CT molecular complexity index is 2870. The summed E-state index contributed by atoms with van der Waals surface area (Å²) < 4.78 is 2.11. The van der Waals surface area contributed by atoms with E-state index in [1.54, 1.807) is 0 Å². The maximum Gasteiger partial charge on any atom is 0.164 e. The third-order valence-electron chi connectivity index (χ3n) is 10.1. The van der Waals surface area contributed by atoms with Gasteiger partial charge in [-0.05, 0) is 45.8 Å². The van der Waals surface area contributed by atoms with Crippen molar-refractivity contribution in [1.29, 1.82) is 0 Å². The van der Waals surface area contributed by atoms with E-state index in [1.807, 2.05) is 66.7 Å². The summed E-state index contributed by atoms with van der Waals surface area (Å²) in [5, 5.41) is 8.78. The monoisotopic (exact) mass is 703 g/mol. The Morgan fingerprint density at radius 3 is 1.31 bits per heavy atom. The standard InChI is InChI=1S/C50H33N5/c1-5-15-37(16-6-1)46-45-44(33-41-21-13-14-24-43(41)47(45)55(54-46)42-22-11-4-12-23-42)36-29-25-34(26-30-36)35-27-31-40(32-28-35)50-52-48(38-17-7-2-8-18-38)51-49(53-50)39-19-9-3-10-20-39/h1-33H. The summed E-state index contributed by atoms with van der Waals surface area (Å²) in [4.78, 5) is 14.7. The molecular weight excluding hydrogens is 671 g/mol. The largest absolute Gasteiger partial charge is 0.232 e. The second kappa shape index (κ2) is 13.8. The number of aromatic nitrogens is 5. The summed E-state index contributed by atoms with van der Waals surface area (Å²) in [7, 11) is 0. The normalized spacial score (nSPS) is 11.3. The lowest BCUT2D eigenvalue weighted by Gasteiger charge is -2.12. The van der Waals surface area contributed by atoms with Crippen molar-refractivity contribution in [2.45, 2.75) is 0 Å². The average Bonchev–Trinajstić information content (AvgIpc) is 3.69. The average molecular weight is 704 g/mol. The van der Waals surface area contributed by atoms with Gasteiger partial charge in [-0.15, -0.1) is 0 Å². The number of para-hydroxylation sites is 1. The van der Waals surface area contributed by atoms with Crippen molar-refractivity contribution in [3.8, 4) is 73.4 Å². The molecule has 0 spiro atoms. The van der Waals surface area contributed by atoms with E-state index in [1.165, 1.54) is 10.8 Å². The van der Waals surface area contributed by atoms with E-state index < -0.39 is 0 Å². The van der Waals surface area contributed by atoms with Gasteiger partial charge in [-0.2, -0.15) is 5.10 Å². The molecule has 258 valence electrons. The summed E-state index contributed by atoms with van der Waals surface area (Å²) in [6, 6.07) is 69.3. The molecule has 2 heterocycles. The van der Waals surface area contributed by atoms with Crippen molar-refractivity contribution < 1.29 is 0 Å². The summed E-state index contributed by atoms with van der Waals surface area (Å²) in [5.41, 5.74) is 11.5. The van der Waals surface area contributed by atoms with Gasteiger partial charge in [-0.25, -0.2) is 19.6 Å².